The number of nitrogens with two attached hydrogens (primary N) is 1. The fraction of sp³-hybridized carbons (Fsp3) is 0.533. The van der Waals surface area contributed by atoms with Crippen molar-refractivity contribution in [1.82, 2.24) is 0 Å². The van der Waals surface area contributed by atoms with Crippen molar-refractivity contribution in [2.24, 2.45) is 11.1 Å². The Hall–Kier alpha value is -1.29. The molecular formula is C15H19F2NO. The molecule has 0 atom stereocenters. The minimum atomic E-state index is -0.907. The molecule has 1 aliphatic rings. The zero-order valence-electron chi connectivity index (χ0n) is 10.9. The van der Waals surface area contributed by atoms with Crippen molar-refractivity contribution >= 4 is 5.78 Å². The monoisotopic (exact) mass is 267 g/mol. The van der Waals surface area contributed by atoms with Crippen molar-refractivity contribution in [1.29, 1.82) is 0 Å². The molecule has 0 unspecified atom stereocenters. The summed E-state index contributed by atoms with van der Waals surface area (Å²) in [6.07, 6.45) is 4.92. The van der Waals surface area contributed by atoms with Gasteiger partial charge in [0.25, 0.3) is 0 Å². The van der Waals surface area contributed by atoms with E-state index >= 15 is 0 Å². The smallest absolute Gasteiger partial charge is 0.159 e. The van der Waals surface area contributed by atoms with E-state index < -0.39 is 17.0 Å². The van der Waals surface area contributed by atoms with Gasteiger partial charge in [-0.15, -0.1) is 0 Å². The van der Waals surface area contributed by atoms with Crippen LogP contribution in [-0.2, 0) is 11.2 Å². The van der Waals surface area contributed by atoms with Crippen LogP contribution in [-0.4, -0.2) is 12.3 Å². The van der Waals surface area contributed by atoms with Gasteiger partial charge in [-0.25, -0.2) is 8.78 Å². The average Bonchev–Trinajstić information content (AvgIpc) is 2.43. The normalized spacial score (nSPS) is 18.3. The molecule has 2 N–H and O–H groups in total. The number of halogens is 2. The summed E-state index contributed by atoms with van der Waals surface area (Å²) in [4.78, 5) is 12.4. The minimum absolute atomic E-state index is 0.0562. The lowest BCUT2D eigenvalue weighted by Crippen LogP contribution is -2.41. The maximum atomic E-state index is 13.1. The molecule has 1 fully saturated rings. The van der Waals surface area contributed by atoms with Crippen LogP contribution in [0.4, 0.5) is 8.78 Å². The number of benzene rings is 1. The number of carbonyl (C=O) groups is 1. The third kappa shape index (κ3) is 3.00. The van der Waals surface area contributed by atoms with Crippen LogP contribution in [0.1, 0.15) is 37.7 Å². The molecule has 0 amide bonds. The lowest BCUT2D eigenvalue weighted by molar-refractivity contribution is -0.129. The number of rotatable bonds is 4. The van der Waals surface area contributed by atoms with E-state index in [0.29, 0.717) is 12.1 Å². The first-order chi connectivity index (χ1) is 9.07. The second-order valence-electron chi connectivity index (χ2n) is 5.39. The van der Waals surface area contributed by atoms with Gasteiger partial charge in [-0.05, 0) is 30.5 Å². The average molecular weight is 267 g/mol. The zero-order chi connectivity index (χ0) is 13.9. The Labute approximate surface area is 112 Å². The zero-order valence-corrected chi connectivity index (χ0v) is 10.9. The van der Waals surface area contributed by atoms with Gasteiger partial charge in [-0.3, -0.25) is 4.79 Å². The van der Waals surface area contributed by atoms with Gasteiger partial charge in [-0.2, -0.15) is 0 Å². The van der Waals surface area contributed by atoms with E-state index in [1.54, 1.807) is 0 Å². The highest BCUT2D eigenvalue weighted by Gasteiger charge is 2.37. The Balaban J connectivity index is 2.12. The molecule has 2 rings (SSSR count). The molecule has 1 aromatic rings. The molecule has 104 valence electrons. The largest absolute Gasteiger partial charge is 0.329 e. The summed E-state index contributed by atoms with van der Waals surface area (Å²) >= 11 is 0. The van der Waals surface area contributed by atoms with E-state index in [0.717, 1.165) is 44.2 Å². The van der Waals surface area contributed by atoms with E-state index in [2.05, 4.69) is 0 Å². The number of Topliss-reactive ketones (excluding diaryl/α,β-unsaturated/α-hetero) is 1. The minimum Gasteiger partial charge on any atom is -0.329 e. The first kappa shape index (κ1) is 14.1. The summed E-state index contributed by atoms with van der Waals surface area (Å²) in [7, 11) is 0. The molecule has 2 nitrogen and oxygen atoms in total. The molecule has 0 aliphatic heterocycles. The predicted octanol–water partition coefficient (Wildman–Crippen LogP) is 2.99. The Morgan fingerprint density at radius 1 is 1.16 bits per heavy atom. The molecule has 0 radical (unpaired) electrons. The molecule has 0 aromatic heterocycles. The van der Waals surface area contributed by atoms with Gasteiger partial charge in [0.05, 0.1) is 0 Å². The molecule has 4 heteroatoms. The lowest BCUT2D eigenvalue weighted by atomic mass is 9.70. The van der Waals surface area contributed by atoms with Gasteiger partial charge in [0, 0.05) is 18.4 Å². The number of carbonyl (C=O) groups excluding carboxylic acids is 1. The highest BCUT2D eigenvalue weighted by molar-refractivity contribution is 5.87. The molecular weight excluding hydrogens is 248 g/mol. The van der Waals surface area contributed by atoms with Gasteiger partial charge in [0.2, 0.25) is 0 Å². The van der Waals surface area contributed by atoms with Crippen molar-refractivity contribution in [3.63, 3.8) is 0 Å². The van der Waals surface area contributed by atoms with Crippen LogP contribution in [0.2, 0.25) is 0 Å². The van der Waals surface area contributed by atoms with Gasteiger partial charge in [0.1, 0.15) is 5.78 Å². The Morgan fingerprint density at radius 3 is 2.42 bits per heavy atom. The van der Waals surface area contributed by atoms with E-state index in [-0.39, 0.29) is 12.2 Å². The number of ketones is 1. The van der Waals surface area contributed by atoms with Crippen molar-refractivity contribution in [2.75, 3.05) is 6.54 Å². The summed E-state index contributed by atoms with van der Waals surface area (Å²) in [5, 5.41) is 0. The second kappa shape index (κ2) is 5.78. The van der Waals surface area contributed by atoms with Crippen molar-refractivity contribution < 1.29 is 13.6 Å². The standard InChI is InChI=1S/C15H19F2NO/c16-12-5-4-11(8-13(12)17)9-14(19)15(10-18)6-2-1-3-7-15/h4-5,8H,1-3,6-7,9-10,18H2. The first-order valence-electron chi connectivity index (χ1n) is 6.75. The maximum absolute atomic E-state index is 13.1. The van der Waals surface area contributed by atoms with E-state index in [4.69, 9.17) is 5.73 Å². The molecule has 0 bridgehead atoms. The maximum Gasteiger partial charge on any atom is 0.159 e. The Kier molecular flexibility index (Phi) is 4.30. The molecule has 0 heterocycles. The molecule has 0 saturated heterocycles. The molecule has 1 saturated carbocycles. The first-order valence-corrected chi connectivity index (χ1v) is 6.75. The number of hydrogen-bond donors (Lipinski definition) is 1. The fourth-order valence-electron chi connectivity index (χ4n) is 2.85. The SMILES string of the molecule is NCC1(C(=O)Cc2ccc(F)c(F)c2)CCCCC1. The van der Waals surface area contributed by atoms with E-state index in [1.807, 2.05) is 0 Å². The van der Waals surface area contributed by atoms with Crippen LogP contribution in [0.3, 0.4) is 0 Å². The molecule has 1 aromatic carbocycles. The van der Waals surface area contributed by atoms with Gasteiger partial charge >= 0.3 is 0 Å². The topological polar surface area (TPSA) is 43.1 Å². The quantitative estimate of drug-likeness (QED) is 0.911. The summed E-state index contributed by atoms with van der Waals surface area (Å²) in [5.74, 6) is -1.74. The summed E-state index contributed by atoms with van der Waals surface area (Å²) in [6.45, 7) is 0.343. The van der Waals surface area contributed by atoms with Crippen LogP contribution in [0.15, 0.2) is 18.2 Å². The van der Waals surface area contributed by atoms with E-state index in [9.17, 15) is 13.6 Å². The van der Waals surface area contributed by atoms with Crippen LogP contribution in [0, 0.1) is 17.0 Å². The van der Waals surface area contributed by atoms with Gasteiger partial charge in [0.15, 0.2) is 11.6 Å². The van der Waals surface area contributed by atoms with E-state index in [1.165, 1.54) is 6.07 Å². The summed E-state index contributed by atoms with van der Waals surface area (Å²) < 4.78 is 26.0. The van der Waals surface area contributed by atoms with Gasteiger partial charge in [-0.1, -0.05) is 25.3 Å². The van der Waals surface area contributed by atoms with Crippen LogP contribution in [0.25, 0.3) is 0 Å². The molecule has 19 heavy (non-hydrogen) atoms. The summed E-state index contributed by atoms with van der Waals surface area (Å²) in [5.41, 5.74) is 5.85. The molecule has 1 aliphatic carbocycles. The highest BCUT2D eigenvalue weighted by atomic mass is 19.2. The van der Waals surface area contributed by atoms with Crippen LogP contribution >= 0.6 is 0 Å². The molecule has 0 spiro atoms. The fourth-order valence-corrected chi connectivity index (χ4v) is 2.85. The highest BCUT2D eigenvalue weighted by Crippen LogP contribution is 2.37. The second-order valence-corrected chi connectivity index (χ2v) is 5.39. The van der Waals surface area contributed by atoms with Crippen molar-refractivity contribution in [2.45, 2.75) is 38.5 Å². The summed E-state index contributed by atoms with van der Waals surface area (Å²) in [6, 6.07) is 3.62. The Morgan fingerprint density at radius 2 is 1.84 bits per heavy atom. The third-order valence-electron chi connectivity index (χ3n) is 4.14. The predicted molar refractivity (Wildman–Crippen MR) is 69.6 cm³/mol. The number of hydrogen-bond acceptors (Lipinski definition) is 2. The van der Waals surface area contributed by atoms with Crippen molar-refractivity contribution in [3.8, 4) is 0 Å². The van der Waals surface area contributed by atoms with Gasteiger partial charge < -0.3 is 5.73 Å². The van der Waals surface area contributed by atoms with Crippen LogP contribution in [0.5, 0.6) is 0 Å². The Bertz CT molecular complexity index is 467. The third-order valence-corrected chi connectivity index (χ3v) is 4.14. The lowest BCUT2D eigenvalue weighted by Gasteiger charge is -2.34. The van der Waals surface area contributed by atoms with Crippen LogP contribution < -0.4 is 5.73 Å². The van der Waals surface area contributed by atoms with Crippen molar-refractivity contribution in [3.05, 3.63) is 35.4 Å².